The highest BCUT2D eigenvalue weighted by molar-refractivity contribution is 5.89. The van der Waals surface area contributed by atoms with Crippen molar-refractivity contribution in [3.63, 3.8) is 0 Å². The van der Waals surface area contributed by atoms with Gasteiger partial charge in [-0.15, -0.1) is 0 Å². The van der Waals surface area contributed by atoms with Crippen LogP contribution in [0.5, 0.6) is 0 Å². The van der Waals surface area contributed by atoms with Gasteiger partial charge in [-0.1, -0.05) is 6.08 Å². The van der Waals surface area contributed by atoms with Crippen LogP contribution in [0.25, 0.3) is 0 Å². The number of methoxy groups -OCH3 is 1. The third-order valence-electron chi connectivity index (χ3n) is 5.24. The van der Waals surface area contributed by atoms with E-state index in [0.29, 0.717) is 17.6 Å². The molecule has 0 unspecified atom stereocenters. The number of carbonyl (C=O) groups excluding carboxylic acids is 1. The van der Waals surface area contributed by atoms with Crippen molar-refractivity contribution in [3.05, 3.63) is 23.5 Å². The van der Waals surface area contributed by atoms with Crippen LogP contribution in [0.2, 0.25) is 0 Å². The van der Waals surface area contributed by atoms with Crippen LogP contribution in [-0.2, 0) is 23.7 Å². The van der Waals surface area contributed by atoms with Crippen molar-refractivity contribution in [2.24, 2.45) is 11.8 Å². The highest BCUT2D eigenvalue weighted by Crippen LogP contribution is 2.44. The van der Waals surface area contributed by atoms with E-state index in [0.717, 1.165) is 0 Å². The Morgan fingerprint density at radius 2 is 1.93 bits per heavy atom. The minimum Gasteiger partial charge on any atom is -0.471 e. The second-order valence-electron chi connectivity index (χ2n) is 6.71. The Balaban J connectivity index is 1.80. The average molecular weight is 388 g/mol. The number of hydrogen-bond acceptors (Lipinski definition) is 10. The molecule has 2 aliphatic heterocycles. The third kappa shape index (κ3) is 3.61. The largest absolute Gasteiger partial charge is 0.471 e. The first kappa shape index (κ1) is 20.2. The second-order valence-corrected chi connectivity index (χ2v) is 6.71. The molecule has 0 aromatic heterocycles. The van der Waals surface area contributed by atoms with Crippen molar-refractivity contribution in [2.45, 2.75) is 43.4 Å². The summed E-state index contributed by atoms with van der Waals surface area (Å²) in [6, 6.07) is 0. The number of aliphatic hydroxyl groups excluding tert-OH is 5. The molecule has 152 valence electrons. The first-order valence-electron chi connectivity index (χ1n) is 8.62. The Morgan fingerprint density at radius 3 is 2.56 bits per heavy atom. The van der Waals surface area contributed by atoms with Gasteiger partial charge in [-0.05, 0) is 12.0 Å². The number of esters is 1. The minimum atomic E-state index is -1.59. The molecular formula is C17H24O10. The molecule has 8 atom stereocenters. The summed E-state index contributed by atoms with van der Waals surface area (Å²) in [5.41, 5.74) is 0.903. The molecule has 0 spiro atoms. The van der Waals surface area contributed by atoms with Gasteiger partial charge in [0.1, 0.15) is 24.4 Å². The summed E-state index contributed by atoms with van der Waals surface area (Å²) in [6.45, 7) is -0.857. The Morgan fingerprint density at radius 1 is 1.19 bits per heavy atom. The zero-order valence-electron chi connectivity index (χ0n) is 14.7. The molecule has 2 heterocycles. The maximum atomic E-state index is 12.0. The van der Waals surface area contributed by atoms with Crippen LogP contribution < -0.4 is 0 Å². The van der Waals surface area contributed by atoms with Gasteiger partial charge >= 0.3 is 5.97 Å². The second kappa shape index (κ2) is 8.23. The summed E-state index contributed by atoms with van der Waals surface area (Å²) in [7, 11) is 1.25. The van der Waals surface area contributed by atoms with Crippen LogP contribution in [0.3, 0.4) is 0 Å². The van der Waals surface area contributed by atoms with Gasteiger partial charge in [0.15, 0.2) is 6.29 Å². The van der Waals surface area contributed by atoms with Gasteiger partial charge < -0.3 is 44.5 Å². The van der Waals surface area contributed by atoms with Gasteiger partial charge in [0.25, 0.3) is 0 Å². The molecule has 1 aliphatic carbocycles. The molecule has 3 aliphatic rings. The molecule has 0 bridgehead atoms. The molecule has 1 fully saturated rings. The molecule has 0 saturated carbocycles. The zero-order valence-corrected chi connectivity index (χ0v) is 14.7. The number of rotatable bonds is 5. The minimum absolute atomic E-state index is 0.270. The molecular weight excluding hydrogens is 364 g/mol. The van der Waals surface area contributed by atoms with Gasteiger partial charge in [0.05, 0.1) is 38.1 Å². The van der Waals surface area contributed by atoms with Gasteiger partial charge in [0, 0.05) is 5.92 Å². The fraction of sp³-hybridized carbons (Fsp3) is 0.706. The number of allylic oxidation sites excluding steroid dienone is 1. The Kier molecular flexibility index (Phi) is 6.16. The molecule has 0 radical (unpaired) electrons. The highest BCUT2D eigenvalue weighted by Gasteiger charge is 2.49. The summed E-state index contributed by atoms with van der Waals surface area (Å²) in [4.78, 5) is 12.0. The van der Waals surface area contributed by atoms with Crippen LogP contribution >= 0.6 is 0 Å². The first-order valence-corrected chi connectivity index (χ1v) is 8.62. The lowest BCUT2D eigenvalue weighted by atomic mass is 9.83. The molecule has 0 amide bonds. The molecule has 1 saturated heterocycles. The SMILES string of the molecule is COC(=O)C1=CO[C@@H](O[C@@H]2O[C@@H](CO)[C@@H](O)[C@@H](O)[C@@H]2O)[C@H]2C(CO)=CC[C@H]12. The van der Waals surface area contributed by atoms with E-state index in [2.05, 4.69) is 0 Å². The molecule has 27 heavy (non-hydrogen) atoms. The number of fused-ring (bicyclic) bond motifs is 1. The van der Waals surface area contributed by atoms with Crippen molar-refractivity contribution < 1.29 is 49.3 Å². The molecule has 3 rings (SSSR count). The number of aliphatic hydroxyl groups is 5. The van der Waals surface area contributed by atoms with E-state index >= 15 is 0 Å². The van der Waals surface area contributed by atoms with Crippen LogP contribution in [-0.4, -0.2) is 88.8 Å². The monoisotopic (exact) mass is 388 g/mol. The summed E-state index contributed by atoms with van der Waals surface area (Å²) < 4.78 is 21.3. The van der Waals surface area contributed by atoms with E-state index in [-0.39, 0.29) is 12.5 Å². The maximum Gasteiger partial charge on any atom is 0.337 e. The fourth-order valence-electron chi connectivity index (χ4n) is 3.73. The first-order chi connectivity index (χ1) is 12.9. The molecule has 10 heteroatoms. The predicted molar refractivity (Wildman–Crippen MR) is 86.6 cm³/mol. The normalized spacial score (nSPS) is 41.3. The van der Waals surface area contributed by atoms with Gasteiger partial charge in [-0.3, -0.25) is 0 Å². The predicted octanol–water partition coefficient (Wildman–Crippen LogP) is -2.23. The van der Waals surface area contributed by atoms with E-state index in [4.69, 9.17) is 18.9 Å². The molecule has 0 aromatic carbocycles. The zero-order chi connectivity index (χ0) is 19.7. The van der Waals surface area contributed by atoms with E-state index in [1.54, 1.807) is 6.08 Å². The fourth-order valence-corrected chi connectivity index (χ4v) is 3.73. The lowest BCUT2D eigenvalue weighted by Gasteiger charge is -2.42. The lowest BCUT2D eigenvalue weighted by molar-refractivity contribution is -0.339. The quantitative estimate of drug-likeness (QED) is 0.258. The summed E-state index contributed by atoms with van der Waals surface area (Å²) >= 11 is 0. The van der Waals surface area contributed by atoms with Crippen molar-refractivity contribution in [1.82, 2.24) is 0 Å². The van der Waals surface area contributed by atoms with E-state index in [9.17, 15) is 30.3 Å². The van der Waals surface area contributed by atoms with Crippen molar-refractivity contribution >= 4 is 5.97 Å². The number of hydrogen-bond donors (Lipinski definition) is 5. The summed E-state index contributed by atoms with van der Waals surface area (Å²) in [6.07, 6.45) is -4.73. The van der Waals surface area contributed by atoms with Crippen molar-refractivity contribution in [3.8, 4) is 0 Å². The van der Waals surface area contributed by atoms with E-state index < -0.39 is 55.5 Å². The van der Waals surface area contributed by atoms with Crippen LogP contribution in [0.4, 0.5) is 0 Å². The van der Waals surface area contributed by atoms with Gasteiger partial charge in [-0.2, -0.15) is 0 Å². The summed E-state index contributed by atoms with van der Waals surface area (Å²) in [5.74, 6) is -1.42. The Labute approximate surface area is 155 Å². The standard InChI is InChI=1S/C17H24O10/c1-24-15(23)9-6-25-16(11-7(4-18)2-3-8(9)11)27-17-14(22)13(21)12(20)10(5-19)26-17/h2,6,8,10-14,16-22H,3-5H2,1H3/t8-,10+,11+,12-,13-,14+,16+,17+/m1/s1. The molecule has 0 aromatic rings. The van der Waals surface area contributed by atoms with Crippen LogP contribution in [0.15, 0.2) is 23.5 Å². The van der Waals surface area contributed by atoms with E-state index in [1.165, 1.54) is 13.4 Å². The van der Waals surface area contributed by atoms with Crippen molar-refractivity contribution in [2.75, 3.05) is 20.3 Å². The maximum absolute atomic E-state index is 12.0. The summed E-state index contributed by atoms with van der Waals surface area (Å²) in [5, 5.41) is 48.8. The third-order valence-corrected chi connectivity index (χ3v) is 5.24. The molecule has 10 nitrogen and oxygen atoms in total. The Bertz CT molecular complexity index is 615. The highest BCUT2D eigenvalue weighted by atomic mass is 16.8. The van der Waals surface area contributed by atoms with Crippen molar-refractivity contribution in [1.29, 1.82) is 0 Å². The Hall–Kier alpha value is -1.53. The number of carbonyl (C=O) groups is 1. The topological polar surface area (TPSA) is 155 Å². The molecule has 5 N–H and O–H groups in total. The van der Waals surface area contributed by atoms with Crippen LogP contribution in [0.1, 0.15) is 6.42 Å². The smallest absolute Gasteiger partial charge is 0.337 e. The van der Waals surface area contributed by atoms with Gasteiger partial charge in [0.2, 0.25) is 6.29 Å². The van der Waals surface area contributed by atoms with E-state index in [1.807, 2.05) is 0 Å². The lowest BCUT2D eigenvalue weighted by Crippen LogP contribution is -2.60. The van der Waals surface area contributed by atoms with Gasteiger partial charge in [-0.25, -0.2) is 4.79 Å². The average Bonchev–Trinajstić information content (AvgIpc) is 3.12. The number of ether oxygens (including phenoxy) is 4. The van der Waals surface area contributed by atoms with Crippen LogP contribution in [0, 0.1) is 11.8 Å².